The van der Waals surface area contributed by atoms with Crippen molar-refractivity contribution in [3.8, 4) is 0 Å². The molecule has 0 aromatic heterocycles. The first-order chi connectivity index (χ1) is 7.42. The molecule has 6 nitrogen and oxygen atoms in total. The van der Waals surface area contributed by atoms with E-state index in [1.165, 1.54) is 6.08 Å². The van der Waals surface area contributed by atoms with Crippen molar-refractivity contribution in [1.29, 1.82) is 0 Å². The van der Waals surface area contributed by atoms with Crippen molar-refractivity contribution in [2.75, 3.05) is 0 Å². The van der Waals surface area contributed by atoms with Crippen LogP contribution in [0, 0.1) is 5.92 Å². The Morgan fingerprint density at radius 3 is 2.69 bits per heavy atom. The van der Waals surface area contributed by atoms with Gasteiger partial charge < -0.3 is 16.5 Å². The molecule has 0 radical (unpaired) electrons. The van der Waals surface area contributed by atoms with Crippen molar-refractivity contribution < 1.29 is 9.59 Å². The van der Waals surface area contributed by atoms with E-state index in [4.69, 9.17) is 5.73 Å². The number of carbonyl (C=O) groups is 2. The molecule has 0 bridgehead atoms. The van der Waals surface area contributed by atoms with Gasteiger partial charge in [0.2, 0.25) is 5.91 Å². The second-order valence-electron chi connectivity index (χ2n) is 4.67. The topological polar surface area (TPSA) is 96.2 Å². The summed E-state index contributed by atoms with van der Waals surface area (Å²) in [7, 11) is 0. The maximum absolute atomic E-state index is 11.7. The van der Waals surface area contributed by atoms with Crippen LogP contribution in [0.4, 0.5) is 0 Å². The number of amides is 2. The van der Waals surface area contributed by atoms with Crippen molar-refractivity contribution >= 4 is 11.8 Å². The Morgan fingerprint density at radius 2 is 2.25 bits per heavy atom. The fourth-order valence-electron chi connectivity index (χ4n) is 1.58. The Morgan fingerprint density at radius 1 is 1.62 bits per heavy atom. The Balaban J connectivity index is 2.00. The average molecular weight is 224 g/mol. The molecule has 3 atom stereocenters. The van der Waals surface area contributed by atoms with Crippen LogP contribution in [0.2, 0.25) is 0 Å². The average Bonchev–Trinajstić information content (AvgIpc) is 2.75. The summed E-state index contributed by atoms with van der Waals surface area (Å²) in [4.78, 5) is 22.8. The van der Waals surface area contributed by atoms with Gasteiger partial charge in [0.1, 0.15) is 11.2 Å². The molecular weight excluding hydrogens is 208 g/mol. The molecule has 2 rings (SSSR count). The maximum Gasteiger partial charge on any atom is 0.268 e. The summed E-state index contributed by atoms with van der Waals surface area (Å²) in [5.41, 5.74) is 9.93. The molecule has 1 unspecified atom stereocenters. The van der Waals surface area contributed by atoms with E-state index in [1.54, 1.807) is 6.92 Å². The molecule has 1 aliphatic heterocycles. The third-order valence-electron chi connectivity index (χ3n) is 3.07. The molecule has 6 heteroatoms. The first-order valence-corrected chi connectivity index (χ1v) is 5.29. The van der Waals surface area contributed by atoms with Crippen molar-refractivity contribution in [2.24, 2.45) is 11.7 Å². The van der Waals surface area contributed by atoms with Crippen LogP contribution in [-0.2, 0) is 9.59 Å². The number of hydrazine groups is 1. The van der Waals surface area contributed by atoms with E-state index in [9.17, 15) is 9.59 Å². The zero-order chi connectivity index (χ0) is 11.9. The summed E-state index contributed by atoms with van der Waals surface area (Å²) in [5.74, 6) is -0.184. The van der Waals surface area contributed by atoms with Gasteiger partial charge in [-0.2, -0.15) is 0 Å². The summed E-state index contributed by atoms with van der Waals surface area (Å²) in [6.45, 7) is 3.69. The monoisotopic (exact) mass is 224 g/mol. The summed E-state index contributed by atoms with van der Waals surface area (Å²) in [6.07, 6.45) is 2.53. The first kappa shape index (κ1) is 10.9. The Bertz CT molecular complexity index is 379. The van der Waals surface area contributed by atoms with Crippen LogP contribution >= 0.6 is 0 Å². The minimum Gasteiger partial charge on any atom is -0.368 e. The molecule has 2 amide bonds. The van der Waals surface area contributed by atoms with Gasteiger partial charge in [-0.25, -0.2) is 5.43 Å². The van der Waals surface area contributed by atoms with Gasteiger partial charge in [-0.3, -0.25) is 9.59 Å². The van der Waals surface area contributed by atoms with Crippen LogP contribution in [-0.4, -0.2) is 23.4 Å². The van der Waals surface area contributed by atoms with E-state index in [2.05, 4.69) is 23.1 Å². The van der Waals surface area contributed by atoms with E-state index in [1.807, 2.05) is 0 Å². The molecule has 1 heterocycles. The molecule has 0 aromatic carbocycles. The number of hydrogen-bond acceptors (Lipinski definition) is 4. The lowest BCUT2D eigenvalue weighted by Gasteiger charge is -2.16. The quantitative estimate of drug-likeness (QED) is 0.481. The standard InChI is InChI=1S/C10H16N4O2/c1-5-3-6(5)12-8(15)7-4-10(2,9(11)16)14-13-7/h4-6,13-14H,3H2,1-2H3,(H2,11,16)(H,12,15)/t5-,6-,10?/m0/s1. The molecule has 0 aromatic rings. The predicted molar refractivity (Wildman–Crippen MR) is 57.7 cm³/mol. The lowest BCUT2D eigenvalue weighted by molar-refractivity contribution is -0.122. The highest BCUT2D eigenvalue weighted by atomic mass is 16.2. The zero-order valence-corrected chi connectivity index (χ0v) is 9.33. The van der Waals surface area contributed by atoms with Gasteiger partial charge in [-0.1, -0.05) is 6.92 Å². The summed E-state index contributed by atoms with van der Waals surface area (Å²) < 4.78 is 0. The minimum absolute atomic E-state index is 0.202. The molecule has 1 fully saturated rings. The molecule has 5 N–H and O–H groups in total. The Kier molecular flexibility index (Phi) is 2.38. The van der Waals surface area contributed by atoms with E-state index < -0.39 is 11.4 Å². The van der Waals surface area contributed by atoms with Crippen molar-refractivity contribution in [2.45, 2.75) is 31.8 Å². The number of primary amides is 1. The molecule has 0 saturated heterocycles. The molecular formula is C10H16N4O2. The van der Waals surface area contributed by atoms with Crippen LogP contribution in [0.1, 0.15) is 20.3 Å². The zero-order valence-electron chi connectivity index (χ0n) is 9.33. The van der Waals surface area contributed by atoms with Crippen LogP contribution in [0.5, 0.6) is 0 Å². The van der Waals surface area contributed by atoms with Gasteiger partial charge in [0.05, 0.1) is 0 Å². The van der Waals surface area contributed by atoms with Crippen LogP contribution < -0.4 is 21.9 Å². The van der Waals surface area contributed by atoms with Gasteiger partial charge in [-0.05, 0) is 25.3 Å². The summed E-state index contributed by atoms with van der Waals surface area (Å²) in [6, 6.07) is 0.260. The first-order valence-electron chi connectivity index (χ1n) is 5.29. The summed E-state index contributed by atoms with van der Waals surface area (Å²) in [5, 5.41) is 2.86. The highest BCUT2D eigenvalue weighted by Crippen LogP contribution is 2.29. The minimum atomic E-state index is -0.998. The highest BCUT2D eigenvalue weighted by Gasteiger charge is 2.38. The predicted octanol–water partition coefficient (Wildman–Crippen LogP) is -1.25. The molecule has 1 aliphatic carbocycles. The fourth-order valence-corrected chi connectivity index (χ4v) is 1.58. The van der Waals surface area contributed by atoms with Crippen LogP contribution in [0.3, 0.4) is 0 Å². The largest absolute Gasteiger partial charge is 0.368 e. The SMILES string of the molecule is C[C@H]1C[C@@H]1NC(=O)C1=CC(C)(C(N)=O)NN1. The number of nitrogens with two attached hydrogens (primary N) is 1. The van der Waals surface area contributed by atoms with Crippen molar-refractivity contribution in [1.82, 2.24) is 16.2 Å². The maximum atomic E-state index is 11.7. The van der Waals surface area contributed by atoms with Crippen LogP contribution in [0.25, 0.3) is 0 Å². The van der Waals surface area contributed by atoms with Gasteiger partial charge in [0.15, 0.2) is 0 Å². The molecule has 1 saturated carbocycles. The van der Waals surface area contributed by atoms with Crippen molar-refractivity contribution in [3.63, 3.8) is 0 Å². The number of rotatable bonds is 3. The third-order valence-corrected chi connectivity index (χ3v) is 3.07. The number of carbonyl (C=O) groups excluding carboxylic acids is 2. The van der Waals surface area contributed by atoms with Crippen LogP contribution in [0.15, 0.2) is 11.8 Å². The van der Waals surface area contributed by atoms with Gasteiger partial charge >= 0.3 is 0 Å². The molecule has 16 heavy (non-hydrogen) atoms. The highest BCUT2D eigenvalue weighted by molar-refractivity contribution is 5.97. The van der Waals surface area contributed by atoms with Gasteiger partial charge in [0.25, 0.3) is 5.91 Å². The molecule has 0 spiro atoms. The third kappa shape index (κ3) is 1.88. The Labute approximate surface area is 93.6 Å². The fraction of sp³-hybridized carbons (Fsp3) is 0.600. The smallest absolute Gasteiger partial charge is 0.268 e. The molecule has 2 aliphatic rings. The summed E-state index contributed by atoms with van der Waals surface area (Å²) >= 11 is 0. The van der Waals surface area contributed by atoms with Gasteiger partial charge in [0, 0.05) is 6.04 Å². The van der Waals surface area contributed by atoms with Crippen molar-refractivity contribution in [3.05, 3.63) is 11.8 Å². The van der Waals surface area contributed by atoms with E-state index >= 15 is 0 Å². The Hall–Kier alpha value is -1.56. The number of hydrogen-bond donors (Lipinski definition) is 4. The van der Waals surface area contributed by atoms with E-state index in [0.29, 0.717) is 11.6 Å². The van der Waals surface area contributed by atoms with E-state index in [-0.39, 0.29) is 11.9 Å². The lowest BCUT2D eigenvalue weighted by Crippen LogP contribution is -2.52. The van der Waals surface area contributed by atoms with Gasteiger partial charge in [-0.15, -0.1) is 0 Å². The second kappa shape index (κ2) is 3.48. The van der Waals surface area contributed by atoms with E-state index in [0.717, 1.165) is 6.42 Å². The second-order valence-corrected chi connectivity index (χ2v) is 4.67. The molecule has 88 valence electrons. The normalized spacial score (nSPS) is 36.2. The number of nitrogens with one attached hydrogen (secondary N) is 3. The lowest BCUT2D eigenvalue weighted by atomic mass is 10.0.